The Morgan fingerprint density at radius 3 is 2.72 bits per heavy atom. The number of aromatic amines is 1. The zero-order valence-electron chi connectivity index (χ0n) is 16.6. The average molecular weight is 423 g/mol. The van der Waals surface area contributed by atoms with E-state index in [0.717, 1.165) is 11.3 Å². The van der Waals surface area contributed by atoms with E-state index in [-0.39, 0.29) is 43.7 Å². The molecule has 0 saturated heterocycles. The van der Waals surface area contributed by atoms with Crippen molar-refractivity contribution in [2.75, 3.05) is 31.8 Å². The van der Waals surface area contributed by atoms with Crippen LogP contribution in [0.4, 0.5) is 0 Å². The fourth-order valence-corrected chi connectivity index (χ4v) is 3.00. The van der Waals surface area contributed by atoms with Crippen molar-refractivity contribution in [1.29, 1.82) is 0 Å². The minimum atomic E-state index is -0.742. The molecule has 0 fully saturated rings. The highest BCUT2D eigenvalue weighted by Crippen LogP contribution is 2.22. The van der Waals surface area contributed by atoms with Crippen molar-refractivity contribution < 1.29 is 24.1 Å². The summed E-state index contributed by atoms with van der Waals surface area (Å²) in [6, 6.07) is 9.27. The van der Waals surface area contributed by atoms with E-state index in [9.17, 15) is 9.59 Å². The Labute approximate surface area is 173 Å². The van der Waals surface area contributed by atoms with Gasteiger partial charge in [-0.1, -0.05) is 30.3 Å². The van der Waals surface area contributed by atoms with Crippen LogP contribution in [0.1, 0.15) is 41.3 Å². The molecule has 9 heteroatoms. The van der Waals surface area contributed by atoms with Gasteiger partial charge >= 0.3 is 5.97 Å². The first kappa shape index (κ1) is 22.9. The summed E-state index contributed by atoms with van der Waals surface area (Å²) in [4.78, 5) is 32.1. The number of nitrogens with zero attached hydrogens (tertiary/aromatic N) is 1. The standard InChI is InChI=1S/C20H26N2O6S/c1-3-26-20(25)16-17(28-13-14-7-5-4-6-8-14)19(24)22-18(21-16)15(9-12-29-2)27-11-10-23/h4-8,15,23H,3,9-13H2,1-2H3,(H,21,22,24). The minimum Gasteiger partial charge on any atom is -0.481 e. The normalized spacial score (nSPS) is 11.8. The van der Waals surface area contributed by atoms with Crippen LogP contribution in [-0.2, 0) is 16.1 Å². The van der Waals surface area contributed by atoms with Gasteiger partial charge in [0, 0.05) is 0 Å². The summed E-state index contributed by atoms with van der Waals surface area (Å²) >= 11 is 1.61. The molecule has 2 N–H and O–H groups in total. The second-order valence-corrected chi connectivity index (χ2v) is 6.97. The molecule has 1 aromatic heterocycles. The number of carbonyl (C=O) groups is 1. The van der Waals surface area contributed by atoms with Crippen LogP contribution in [0.25, 0.3) is 0 Å². The van der Waals surface area contributed by atoms with Crippen molar-refractivity contribution in [2.45, 2.75) is 26.1 Å². The number of rotatable bonds is 12. The molecule has 0 amide bonds. The number of carbonyl (C=O) groups excluding carboxylic acids is 1. The Kier molecular flexibility index (Phi) is 9.69. The van der Waals surface area contributed by atoms with Crippen molar-refractivity contribution in [3.05, 3.63) is 57.8 Å². The fraction of sp³-hybridized carbons (Fsp3) is 0.450. The van der Waals surface area contributed by atoms with Crippen LogP contribution in [0.3, 0.4) is 0 Å². The molecule has 1 heterocycles. The van der Waals surface area contributed by atoms with Crippen LogP contribution >= 0.6 is 11.8 Å². The zero-order valence-corrected chi connectivity index (χ0v) is 17.4. The molecule has 1 atom stereocenters. The molecule has 0 radical (unpaired) electrons. The van der Waals surface area contributed by atoms with Crippen molar-refractivity contribution in [1.82, 2.24) is 9.97 Å². The summed E-state index contributed by atoms with van der Waals surface area (Å²) in [5.74, 6) is 0.0176. The van der Waals surface area contributed by atoms with Crippen LogP contribution in [0, 0.1) is 0 Å². The van der Waals surface area contributed by atoms with Gasteiger partial charge in [-0.25, -0.2) is 9.78 Å². The fourth-order valence-electron chi connectivity index (χ4n) is 2.55. The number of hydrogen-bond donors (Lipinski definition) is 2. The van der Waals surface area contributed by atoms with E-state index in [4.69, 9.17) is 19.3 Å². The number of esters is 1. The van der Waals surface area contributed by atoms with E-state index in [1.807, 2.05) is 36.6 Å². The van der Waals surface area contributed by atoms with Gasteiger partial charge in [-0.05, 0) is 30.9 Å². The molecule has 0 aliphatic heterocycles. The number of aliphatic hydroxyl groups excluding tert-OH is 1. The number of ether oxygens (including phenoxy) is 3. The summed E-state index contributed by atoms with van der Waals surface area (Å²) in [5.41, 5.74) is 0.0638. The lowest BCUT2D eigenvalue weighted by Crippen LogP contribution is -2.24. The highest BCUT2D eigenvalue weighted by atomic mass is 32.2. The van der Waals surface area contributed by atoms with Crippen LogP contribution in [0.15, 0.2) is 35.1 Å². The monoisotopic (exact) mass is 422 g/mol. The predicted molar refractivity (Wildman–Crippen MR) is 110 cm³/mol. The van der Waals surface area contributed by atoms with Crippen molar-refractivity contribution in [3.8, 4) is 5.75 Å². The quantitative estimate of drug-likeness (QED) is 0.502. The second kappa shape index (κ2) is 12.3. The molecule has 8 nitrogen and oxygen atoms in total. The first-order valence-electron chi connectivity index (χ1n) is 9.30. The number of nitrogens with one attached hydrogen (secondary N) is 1. The van der Waals surface area contributed by atoms with Gasteiger partial charge in [-0.3, -0.25) is 4.79 Å². The van der Waals surface area contributed by atoms with E-state index in [1.165, 1.54) is 0 Å². The maximum absolute atomic E-state index is 12.7. The molecule has 0 aliphatic rings. The summed E-state index contributed by atoms with van der Waals surface area (Å²) in [7, 11) is 0. The summed E-state index contributed by atoms with van der Waals surface area (Å²) in [6.07, 6.45) is 1.93. The van der Waals surface area contributed by atoms with Crippen LogP contribution in [0.2, 0.25) is 0 Å². The third-order valence-corrected chi connectivity index (χ3v) is 4.53. The summed E-state index contributed by atoms with van der Waals surface area (Å²) in [6.45, 7) is 1.83. The molecular formula is C20H26N2O6S. The number of benzene rings is 1. The highest BCUT2D eigenvalue weighted by molar-refractivity contribution is 7.98. The first-order chi connectivity index (χ1) is 14.1. The zero-order chi connectivity index (χ0) is 21.1. The number of H-pyrrole nitrogens is 1. The van der Waals surface area contributed by atoms with Crippen LogP contribution < -0.4 is 10.3 Å². The molecule has 0 bridgehead atoms. The Balaban J connectivity index is 2.37. The maximum atomic E-state index is 12.7. The Hall–Kier alpha value is -2.36. The molecule has 2 aromatic rings. The Bertz CT molecular complexity index is 819. The van der Waals surface area contributed by atoms with Gasteiger partial charge in [-0.2, -0.15) is 11.8 Å². The lowest BCUT2D eigenvalue weighted by atomic mass is 10.2. The molecule has 0 saturated carbocycles. The van der Waals surface area contributed by atoms with Crippen molar-refractivity contribution in [3.63, 3.8) is 0 Å². The van der Waals surface area contributed by atoms with E-state index in [2.05, 4.69) is 9.97 Å². The molecule has 29 heavy (non-hydrogen) atoms. The molecular weight excluding hydrogens is 396 g/mol. The lowest BCUT2D eigenvalue weighted by Gasteiger charge is -2.18. The highest BCUT2D eigenvalue weighted by Gasteiger charge is 2.24. The van der Waals surface area contributed by atoms with Gasteiger partial charge in [0.1, 0.15) is 18.5 Å². The van der Waals surface area contributed by atoms with Gasteiger partial charge < -0.3 is 24.3 Å². The molecule has 1 unspecified atom stereocenters. The van der Waals surface area contributed by atoms with Crippen LogP contribution in [-0.4, -0.2) is 52.9 Å². The van der Waals surface area contributed by atoms with Gasteiger partial charge in [0.25, 0.3) is 5.56 Å². The smallest absolute Gasteiger partial charge is 0.361 e. The topological polar surface area (TPSA) is 111 Å². The van der Waals surface area contributed by atoms with Gasteiger partial charge in [0.05, 0.1) is 19.8 Å². The average Bonchev–Trinajstić information content (AvgIpc) is 2.73. The number of hydrogen-bond acceptors (Lipinski definition) is 8. The van der Waals surface area contributed by atoms with E-state index in [0.29, 0.717) is 6.42 Å². The largest absolute Gasteiger partial charge is 0.481 e. The minimum absolute atomic E-state index is 0.0871. The third kappa shape index (κ3) is 6.88. The Morgan fingerprint density at radius 2 is 2.07 bits per heavy atom. The van der Waals surface area contributed by atoms with Gasteiger partial charge in [0.2, 0.25) is 5.75 Å². The number of aromatic nitrogens is 2. The SMILES string of the molecule is CCOC(=O)c1nc(C(CCSC)OCCO)[nH]c(=O)c1OCc1ccccc1. The number of aliphatic hydroxyl groups is 1. The predicted octanol–water partition coefficient (Wildman–Crippen LogP) is 2.33. The molecule has 1 aromatic carbocycles. The second-order valence-electron chi connectivity index (χ2n) is 5.99. The third-order valence-electron chi connectivity index (χ3n) is 3.89. The Morgan fingerprint density at radius 1 is 1.31 bits per heavy atom. The molecule has 2 rings (SSSR count). The van der Waals surface area contributed by atoms with E-state index < -0.39 is 17.6 Å². The van der Waals surface area contributed by atoms with Gasteiger partial charge in [0.15, 0.2) is 5.69 Å². The van der Waals surface area contributed by atoms with E-state index >= 15 is 0 Å². The maximum Gasteiger partial charge on any atom is 0.361 e. The summed E-state index contributed by atoms with van der Waals surface area (Å²) in [5, 5.41) is 9.06. The summed E-state index contributed by atoms with van der Waals surface area (Å²) < 4.78 is 16.3. The first-order valence-corrected chi connectivity index (χ1v) is 10.7. The van der Waals surface area contributed by atoms with Crippen LogP contribution in [0.5, 0.6) is 5.75 Å². The van der Waals surface area contributed by atoms with Gasteiger partial charge in [-0.15, -0.1) is 0 Å². The molecule has 0 aliphatic carbocycles. The van der Waals surface area contributed by atoms with Crippen molar-refractivity contribution >= 4 is 17.7 Å². The molecule has 158 valence electrons. The van der Waals surface area contributed by atoms with Crippen molar-refractivity contribution in [2.24, 2.45) is 0 Å². The van der Waals surface area contributed by atoms with E-state index in [1.54, 1.807) is 18.7 Å². The lowest BCUT2D eigenvalue weighted by molar-refractivity contribution is 0.0208. The number of thioether (sulfide) groups is 1. The molecule has 0 spiro atoms.